The molecule has 0 amide bonds. The first-order chi connectivity index (χ1) is 8.08. The number of nitrogens with two attached hydrogens (primary N) is 2. The molecule has 0 fully saturated rings. The lowest BCUT2D eigenvalue weighted by molar-refractivity contribution is -0.150. The minimum atomic E-state index is -0.579. The lowest BCUT2D eigenvalue weighted by Crippen LogP contribution is -2.14. The van der Waals surface area contributed by atoms with E-state index in [0.29, 0.717) is 0 Å². The van der Waals surface area contributed by atoms with E-state index in [-0.39, 0.29) is 16.6 Å². The molecular weight excluding hydrogens is 248 g/mol. The van der Waals surface area contributed by atoms with Gasteiger partial charge in [0.05, 0.1) is 0 Å². The Hall–Kier alpha value is -2.56. The van der Waals surface area contributed by atoms with Gasteiger partial charge in [-0.1, -0.05) is 0 Å². The zero-order valence-corrected chi connectivity index (χ0v) is 9.01. The molecule has 0 atom stereocenters. The summed E-state index contributed by atoms with van der Waals surface area (Å²) < 4.78 is 3.97. The van der Waals surface area contributed by atoms with Crippen molar-refractivity contribution < 1.29 is 19.8 Å². The molecule has 8 N–H and O–H groups in total. The van der Waals surface area contributed by atoms with E-state index in [4.69, 9.17) is 0 Å². The summed E-state index contributed by atoms with van der Waals surface area (Å²) in [6, 6.07) is 2.33. The second-order valence-electron chi connectivity index (χ2n) is 2.39. The van der Waals surface area contributed by atoms with Crippen molar-refractivity contribution in [3.05, 3.63) is 45.0 Å². The van der Waals surface area contributed by atoms with Crippen LogP contribution in [0.2, 0.25) is 0 Å². The molecule has 0 unspecified atom stereocenters. The number of cyclic esters (lactones) is 2. The van der Waals surface area contributed by atoms with Gasteiger partial charge in [0.1, 0.15) is 0 Å². The molecule has 0 aliphatic carbocycles. The summed E-state index contributed by atoms with van der Waals surface area (Å²) in [7, 11) is 0. The molecule has 0 saturated carbocycles. The molecule has 0 spiro atoms. The number of carbonyl (C=O) groups is 2. The fourth-order valence-corrected chi connectivity index (χ4v) is 0.661. The highest BCUT2D eigenvalue weighted by Crippen LogP contribution is 1.92. The van der Waals surface area contributed by atoms with Gasteiger partial charge in [0.15, 0.2) is 0 Å². The number of rotatable bonds is 0. The van der Waals surface area contributed by atoms with E-state index in [1.165, 1.54) is 12.1 Å². The van der Waals surface area contributed by atoms with E-state index in [1.54, 1.807) is 0 Å². The Labute approximate surface area is 99.5 Å². The number of hydrazine groups is 1. The van der Waals surface area contributed by atoms with Crippen LogP contribution in [0.25, 0.3) is 0 Å². The molecule has 1 aromatic heterocycles. The second-order valence-corrected chi connectivity index (χ2v) is 2.39. The third-order valence-corrected chi connectivity index (χ3v) is 1.25. The first-order valence-electron chi connectivity index (χ1n) is 4.13. The van der Waals surface area contributed by atoms with E-state index in [2.05, 4.69) is 26.6 Å². The Morgan fingerprint density at radius 2 is 1.17 bits per heavy atom. The number of aromatic amines is 2. The lowest BCUT2D eigenvalue weighted by Gasteiger charge is -1.80. The van der Waals surface area contributed by atoms with Crippen molar-refractivity contribution >= 4 is 11.9 Å². The minimum absolute atomic E-state index is 0. The number of esters is 2. The van der Waals surface area contributed by atoms with Gasteiger partial charge in [-0.3, -0.25) is 31.5 Å². The first-order valence-corrected chi connectivity index (χ1v) is 4.13. The van der Waals surface area contributed by atoms with Crippen molar-refractivity contribution in [3.63, 3.8) is 0 Å². The molecule has 18 heavy (non-hydrogen) atoms. The average molecular weight is 260 g/mol. The van der Waals surface area contributed by atoms with E-state index >= 15 is 0 Å². The summed E-state index contributed by atoms with van der Waals surface area (Å²) >= 11 is 0. The highest BCUT2D eigenvalue weighted by Gasteiger charge is 2.10. The van der Waals surface area contributed by atoms with Crippen LogP contribution in [0.5, 0.6) is 0 Å². The van der Waals surface area contributed by atoms with Gasteiger partial charge in [-0.15, -0.1) is 0 Å². The third kappa shape index (κ3) is 7.70. The number of ether oxygens (including phenoxy) is 1. The van der Waals surface area contributed by atoms with Gasteiger partial charge in [-0.05, 0) is 0 Å². The molecule has 2 heterocycles. The van der Waals surface area contributed by atoms with Crippen molar-refractivity contribution in [2.24, 2.45) is 11.7 Å². The van der Waals surface area contributed by atoms with Crippen LogP contribution >= 0.6 is 0 Å². The molecule has 1 aromatic rings. The van der Waals surface area contributed by atoms with Crippen molar-refractivity contribution in [1.29, 1.82) is 0 Å². The SMILES string of the molecule is NN.O.O=C1C=CC(=O)O1.O=c1ccc(=O)[nH][nH]1. The summed E-state index contributed by atoms with van der Waals surface area (Å²) in [5.41, 5.74) is -0.603. The first kappa shape index (κ1) is 17.8. The standard InChI is InChI=1S/C4H4N2O2.C4H2O3.H4N2.H2O/c7-3-1-2-4(8)6-5-3;5-3-1-2-4(6)7-3;1-2;/h1-2H,(H,5,7)(H,6,8);1-2H;1-2H2;1H2. The van der Waals surface area contributed by atoms with Gasteiger partial charge < -0.3 is 10.2 Å². The summed E-state index contributed by atoms with van der Waals surface area (Å²) in [6.07, 6.45) is 2.17. The molecule has 0 radical (unpaired) electrons. The van der Waals surface area contributed by atoms with Crippen LogP contribution in [0.3, 0.4) is 0 Å². The van der Waals surface area contributed by atoms with Gasteiger partial charge >= 0.3 is 11.9 Å². The molecule has 10 nitrogen and oxygen atoms in total. The zero-order chi connectivity index (χ0) is 13.3. The fourth-order valence-electron chi connectivity index (χ4n) is 0.661. The second kappa shape index (κ2) is 9.65. The summed E-state index contributed by atoms with van der Waals surface area (Å²) in [5, 5.41) is 4.21. The molecular formula is C8H12N4O6. The van der Waals surface area contributed by atoms with Gasteiger partial charge in [-0.2, -0.15) is 0 Å². The Morgan fingerprint density at radius 3 is 1.33 bits per heavy atom. The van der Waals surface area contributed by atoms with Crippen LogP contribution in [-0.2, 0) is 14.3 Å². The monoisotopic (exact) mass is 260 g/mol. The third-order valence-electron chi connectivity index (χ3n) is 1.25. The van der Waals surface area contributed by atoms with Crippen LogP contribution in [0.15, 0.2) is 33.9 Å². The van der Waals surface area contributed by atoms with E-state index in [9.17, 15) is 19.2 Å². The van der Waals surface area contributed by atoms with Gasteiger partial charge in [0, 0.05) is 24.3 Å². The Morgan fingerprint density at radius 1 is 0.833 bits per heavy atom. The van der Waals surface area contributed by atoms with Crippen LogP contribution in [0.1, 0.15) is 0 Å². The van der Waals surface area contributed by atoms with Crippen LogP contribution in [-0.4, -0.2) is 27.6 Å². The topological polar surface area (TPSA) is 193 Å². The lowest BCUT2D eigenvalue weighted by atomic mass is 10.6. The maximum Gasteiger partial charge on any atom is 0.338 e. The number of hydrogen-bond acceptors (Lipinski definition) is 7. The number of carbonyl (C=O) groups excluding carboxylic acids is 2. The summed E-state index contributed by atoms with van der Waals surface area (Å²) in [6.45, 7) is 0. The average Bonchev–Trinajstić information content (AvgIpc) is 2.70. The number of hydrogen-bond donors (Lipinski definition) is 4. The largest absolute Gasteiger partial charge is 0.412 e. The van der Waals surface area contributed by atoms with Gasteiger partial charge in [-0.25, -0.2) is 9.59 Å². The van der Waals surface area contributed by atoms with Crippen molar-refractivity contribution in [1.82, 2.24) is 10.2 Å². The minimum Gasteiger partial charge on any atom is -0.412 e. The number of H-pyrrole nitrogens is 2. The van der Waals surface area contributed by atoms with Crippen molar-refractivity contribution in [2.45, 2.75) is 0 Å². The van der Waals surface area contributed by atoms with Crippen LogP contribution in [0.4, 0.5) is 0 Å². The maximum atomic E-state index is 10.2. The number of aromatic nitrogens is 2. The fraction of sp³-hybridized carbons (Fsp3) is 0. The maximum absolute atomic E-state index is 10.2. The van der Waals surface area contributed by atoms with Crippen molar-refractivity contribution in [2.75, 3.05) is 0 Å². The number of nitrogens with one attached hydrogen (secondary N) is 2. The molecule has 10 heteroatoms. The molecule has 0 aromatic carbocycles. The van der Waals surface area contributed by atoms with Gasteiger partial charge in [0.25, 0.3) is 11.1 Å². The highest BCUT2D eigenvalue weighted by atomic mass is 16.6. The van der Waals surface area contributed by atoms with E-state index < -0.39 is 11.9 Å². The Bertz CT molecular complexity index is 448. The molecule has 2 rings (SSSR count). The summed E-state index contributed by atoms with van der Waals surface area (Å²) in [5.74, 6) is 6.84. The smallest absolute Gasteiger partial charge is 0.338 e. The zero-order valence-electron chi connectivity index (χ0n) is 9.01. The highest BCUT2D eigenvalue weighted by molar-refractivity contribution is 6.04. The molecule has 100 valence electrons. The van der Waals surface area contributed by atoms with E-state index in [1.807, 2.05) is 0 Å². The molecule has 1 aliphatic rings. The van der Waals surface area contributed by atoms with Crippen LogP contribution in [0, 0.1) is 0 Å². The quantitative estimate of drug-likeness (QED) is 0.162. The van der Waals surface area contributed by atoms with Crippen LogP contribution < -0.4 is 22.8 Å². The molecule has 0 saturated heterocycles. The normalized spacial score (nSPS) is 11.2. The van der Waals surface area contributed by atoms with Gasteiger partial charge in [0.2, 0.25) is 0 Å². The summed E-state index contributed by atoms with van der Waals surface area (Å²) in [4.78, 5) is 40.2. The Balaban J connectivity index is 0. The van der Waals surface area contributed by atoms with Crippen molar-refractivity contribution in [3.8, 4) is 0 Å². The molecule has 1 aliphatic heterocycles. The van der Waals surface area contributed by atoms with E-state index in [0.717, 1.165) is 12.2 Å². The predicted octanol–water partition coefficient (Wildman–Crippen LogP) is -3.32. The molecule has 0 bridgehead atoms. The Kier molecular flexibility index (Phi) is 9.56. The predicted molar refractivity (Wildman–Crippen MR) is 59.9 cm³/mol.